The van der Waals surface area contributed by atoms with E-state index in [-0.39, 0.29) is 65.7 Å². The first-order valence-corrected chi connectivity index (χ1v) is 1.48. The molecule has 0 spiro atoms. The van der Waals surface area contributed by atoms with Gasteiger partial charge in [0.2, 0.25) is 0 Å². The van der Waals surface area contributed by atoms with E-state index in [0.29, 0.717) is 0 Å². The van der Waals surface area contributed by atoms with E-state index in [1.807, 2.05) is 6.79 Å². The first kappa shape index (κ1) is 22.5. The quantitative estimate of drug-likeness (QED) is 0.410. The van der Waals surface area contributed by atoms with Crippen LogP contribution in [0.2, 0.25) is 0 Å². The molecule has 9 heavy (non-hydrogen) atoms. The minimum absolute atomic E-state index is 0. The van der Waals surface area contributed by atoms with Crippen molar-refractivity contribution in [3.05, 3.63) is 0 Å². The Morgan fingerprint density at radius 2 is 1.56 bits per heavy atom. The Bertz CT molecular complexity index is 61.0. The summed E-state index contributed by atoms with van der Waals surface area (Å²) in [5.74, 6) is -0.968. The molecule has 6 heteroatoms. The van der Waals surface area contributed by atoms with Crippen LogP contribution in [0.3, 0.4) is 0 Å². The van der Waals surface area contributed by atoms with Gasteiger partial charge >= 0.3 is 65.1 Å². The second kappa shape index (κ2) is 23.0. The van der Waals surface area contributed by atoms with Crippen LogP contribution >= 0.6 is 0 Å². The van der Waals surface area contributed by atoms with Crippen molar-refractivity contribution in [3.63, 3.8) is 0 Å². The summed E-state index contributed by atoms with van der Waals surface area (Å²) in [7, 11) is 0. The number of rotatable bonds is 1. The van der Waals surface area contributed by atoms with E-state index < -0.39 is 5.97 Å². The van der Waals surface area contributed by atoms with Crippen molar-refractivity contribution in [2.45, 2.75) is 0 Å². The van der Waals surface area contributed by atoms with Gasteiger partial charge in [-0.3, -0.25) is 4.79 Å². The van der Waals surface area contributed by atoms with Crippen molar-refractivity contribution >= 4 is 71.9 Å². The predicted molar refractivity (Wildman–Crippen MR) is 38.1 cm³/mol. The topological polar surface area (TPSA) is 80.4 Å². The molecule has 0 aromatic carbocycles. The molecule has 0 bridgehead atoms. The first-order chi connectivity index (χ1) is 3.27. The molecule has 0 amide bonds. The second-order valence-corrected chi connectivity index (χ2v) is 0.598. The van der Waals surface area contributed by atoms with Crippen molar-refractivity contribution in [2.24, 2.45) is 5.73 Å². The van der Waals surface area contributed by atoms with Crippen molar-refractivity contribution in [2.75, 3.05) is 6.54 Å². The van der Waals surface area contributed by atoms with E-state index in [1.54, 1.807) is 0 Å². The standard InChI is InChI=1S/C2H5NO2.CH2O.2Na.2H/c3-1-2(4)5;1-2;;;;/h1,3H2,(H,4,5);1H2;;;;. The molecule has 0 rings (SSSR count). The van der Waals surface area contributed by atoms with E-state index in [0.717, 1.165) is 0 Å². The fourth-order valence-electron chi connectivity index (χ4n) is 0. The third kappa shape index (κ3) is 47.7. The van der Waals surface area contributed by atoms with E-state index in [4.69, 9.17) is 9.90 Å². The molecule has 0 fully saturated rings. The summed E-state index contributed by atoms with van der Waals surface area (Å²) in [5.41, 5.74) is 4.57. The zero-order chi connectivity index (χ0) is 6.28. The Balaban J connectivity index is -0.0000000286. The van der Waals surface area contributed by atoms with Crippen molar-refractivity contribution < 1.29 is 14.7 Å². The van der Waals surface area contributed by atoms with Gasteiger partial charge in [0.1, 0.15) is 6.79 Å². The third-order valence-corrected chi connectivity index (χ3v) is 0.175. The molecule has 0 aliphatic heterocycles. The number of hydrogen-bond acceptors (Lipinski definition) is 3. The number of aliphatic carboxylic acids is 1. The van der Waals surface area contributed by atoms with Crippen LogP contribution in [0.15, 0.2) is 0 Å². The summed E-state index contributed by atoms with van der Waals surface area (Å²) in [6.07, 6.45) is 0. The Morgan fingerprint density at radius 1 is 1.44 bits per heavy atom. The van der Waals surface area contributed by atoms with Gasteiger partial charge in [-0.15, -0.1) is 0 Å². The van der Waals surface area contributed by atoms with Crippen LogP contribution < -0.4 is 5.73 Å². The van der Waals surface area contributed by atoms with Crippen molar-refractivity contribution in [1.29, 1.82) is 0 Å². The molecule has 0 atom stereocenters. The van der Waals surface area contributed by atoms with E-state index >= 15 is 0 Å². The van der Waals surface area contributed by atoms with Gasteiger partial charge in [-0.05, 0) is 0 Å². The number of hydrogen-bond donors (Lipinski definition) is 2. The molecule has 46 valence electrons. The van der Waals surface area contributed by atoms with Crippen molar-refractivity contribution in [3.8, 4) is 0 Å². The number of carbonyl (C=O) groups is 2. The van der Waals surface area contributed by atoms with Gasteiger partial charge in [-0.2, -0.15) is 0 Å². The van der Waals surface area contributed by atoms with Gasteiger partial charge in [0.25, 0.3) is 0 Å². The summed E-state index contributed by atoms with van der Waals surface area (Å²) in [4.78, 5) is 17.2. The molecule has 0 aliphatic rings. The Hall–Kier alpha value is 1.10. The average molecular weight is 153 g/mol. The maximum absolute atomic E-state index is 9.24. The van der Waals surface area contributed by atoms with Crippen LogP contribution in [0, 0.1) is 0 Å². The molecule has 0 aromatic rings. The second-order valence-electron chi connectivity index (χ2n) is 0.598. The van der Waals surface area contributed by atoms with E-state index in [1.165, 1.54) is 0 Å². The molecule has 3 N–H and O–H groups in total. The summed E-state index contributed by atoms with van der Waals surface area (Å²) in [6.45, 7) is 1.72. The van der Waals surface area contributed by atoms with Gasteiger partial charge in [0, 0.05) is 0 Å². The molecule has 0 saturated heterocycles. The van der Waals surface area contributed by atoms with Crippen LogP contribution in [-0.2, 0) is 9.59 Å². The van der Waals surface area contributed by atoms with E-state index in [9.17, 15) is 4.79 Å². The first-order valence-electron chi connectivity index (χ1n) is 1.48. The number of carbonyl (C=O) groups excluding carboxylic acids is 1. The van der Waals surface area contributed by atoms with Crippen LogP contribution in [0.25, 0.3) is 0 Å². The van der Waals surface area contributed by atoms with Gasteiger partial charge < -0.3 is 15.6 Å². The number of nitrogens with two attached hydrogens (primary N) is 1. The molecule has 4 nitrogen and oxygen atoms in total. The van der Waals surface area contributed by atoms with Crippen molar-refractivity contribution in [1.82, 2.24) is 0 Å². The molecule has 0 heterocycles. The fraction of sp³-hybridized carbons (Fsp3) is 0.333. The van der Waals surface area contributed by atoms with Gasteiger partial charge in [0.05, 0.1) is 6.54 Å². The Kier molecular flexibility index (Phi) is 57.3. The summed E-state index contributed by atoms with van der Waals surface area (Å²) in [5, 5.41) is 7.60. The Labute approximate surface area is 97.8 Å². The average Bonchev–Trinajstić information content (AvgIpc) is 1.73. The SMILES string of the molecule is C=O.NCC(=O)O.[NaH].[NaH]. The zero-order valence-corrected chi connectivity index (χ0v) is 3.76. The zero-order valence-electron chi connectivity index (χ0n) is 3.76. The summed E-state index contributed by atoms with van der Waals surface area (Å²) >= 11 is 0. The van der Waals surface area contributed by atoms with Crippen LogP contribution in [0.5, 0.6) is 0 Å². The molecule has 0 aliphatic carbocycles. The summed E-state index contributed by atoms with van der Waals surface area (Å²) in [6, 6.07) is 0. The van der Waals surface area contributed by atoms with Crippen LogP contribution in [0.4, 0.5) is 0 Å². The molecule has 0 radical (unpaired) electrons. The van der Waals surface area contributed by atoms with Gasteiger partial charge in [-0.25, -0.2) is 0 Å². The molecule has 0 aromatic heterocycles. The van der Waals surface area contributed by atoms with Gasteiger partial charge in [-0.1, -0.05) is 0 Å². The molecule has 0 unspecified atom stereocenters. The molecular weight excluding hydrogens is 144 g/mol. The maximum atomic E-state index is 9.24. The summed E-state index contributed by atoms with van der Waals surface area (Å²) < 4.78 is 0. The van der Waals surface area contributed by atoms with Gasteiger partial charge in [0.15, 0.2) is 0 Å². The van der Waals surface area contributed by atoms with Crippen LogP contribution in [-0.4, -0.2) is 83.5 Å². The number of carboxylic acids is 1. The number of carboxylic acid groups (broad SMARTS) is 1. The van der Waals surface area contributed by atoms with Crippen LogP contribution in [0.1, 0.15) is 0 Å². The normalized spacial score (nSPS) is 4.56. The predicted octanol–water partition coefficient (Wildman–Crippen LogP) is -2.45. The van der Waals surface area contributed by atoms with E-state index in [2.05, 4.69) is 5.73 Å². The molecule has 0 saturated carbocycles. The fourth-order valence-corrected chi connectivity index (χ4v) is 0. The third-order valence-electron chi connectivity index (χ3n) is 0.175. The Morgan fingerprint density at radius 3 is 1.56 bits per heavy atom. The molecular formula is C3H9NNa2O3. The minimum atomic E-state index is -0.968. The monoisotopic (exact) mass is 153 g/mol.